The van der Waals surface area contributed by atoms with Gasteiger partial charge in [-0.2, -0.15) is 9.40 Å². The molecule has 8 heteroatoms. The quantitative estimate of drug-likeness (QED) is 0.797. The third-order valence-corrected chi connectivity index (χ3v) is 5.23. The molecular weight excluding hydrogens is 256 g/mol. The minimum Gasteiger partial charge on any atom is -0.343 e. The van der Waals surface area contributed by atoms with Crippen molar-refractivity contribution in [3.05, 3.63) is 12.4 Å². The van der Waals surface area contributed by atoms with E-state index in [-0.39, 0.29) is 17.3 Å². The Kier molecular flexibility index (Phi) is 2.94. The Labute approximate surface area is 106 Å². The predicted octanol–water partition coefficient (Wildman–Crippen LogP) is -0.349. The maximum Gasteiger partial charge on any atom is 0.247 e. The van der Waals surface area contributed by atoms with Gasteiger partial charge in [-0.1, -0.05) is 0 Å². The molecule has 1 aliphatic heterocycles. The first-order valence-electron chi connectivity index (χ1n) is 5.55. The van der Waals surface area contributed by atoms with Crippen LogP contribution < -0.4 is 0 Å². The number of nitrogens with zero attached hydrogens (tertiary/aromatic N) is 3. The molecule has 0 radical (unpaired) electrons. The van der Waals surface area contributed by atoms with Gasteiger partial charge in [0.15, 0.2) is 0 Å². The van der Waals surface area contributed by atoms with Crippen LogP contribution in [-0.2, 0) is 14.8 Å². The van der Waals surface area contributed by atoms with Crippen molar-refractivity contribution >= 4 is 15.9 Å². The van der Waals surface area contributed by atoms with E-state index in [1.807, 2.05) is 0 Å². The van der Waals surface area contributed by atoms with Gasteiger partial charge < -0.3 is 4.90 Å². The summed E-state index contributed by atoms with van der Waals surface area (Å²) in [5.74, 6) is -0.208. The van der Waals surface area contributed by atoms with Gasteiger partial charge in [0.1, 0.15) is 10.4 Å². The second-order valence-corrected chi connectivity index (χ2v) is 6.66. The zero-order valence-electron chi connectivity index (χ0n) is 10.5. The Hall–Kier alpha value is -1.41. The van der Waals surface area contributed by atoms with Crippen LogP contribution in [0.5, 0.6) is 0 Å². The van der Waals surface area contributed by atoms with Crippen LogP contribution in [0.1, 0.15) is 13.8 Å². The molecular formula is C10H16N4O3S. The molecule has 7 nitrogen and oxygen atoms in total. The van der Waals surface area contributed by atoms with Gasteiger partial charge in [-0.3, -0.25) is 9.89 Å². The summed E-state index contributed by atoms with van der Waals surface area (Å²) in [6.07, 6.45) is 2.56. The van der Waals surface area contributed by atoms with Gasteiger partial charge in [0.25, 0.3) is 0 Å². The number of piperazine rings is 1. The molecule has 2 rings (SSSR count). The number of aromatic nitrogens is 2. The zero-order valence-corrected chi connectivity index (χ0v) is 11.4. The van der Waals surface area contributed by atoms with Crippen LogP contribution in [0, 0.1) is 0 Å². The topological polar surface area (TPSA) is 86.4 Å². The number of hydrogen-bond acceptors (Lipinski definition) is 4. The van der Waals surface area contributed by atoms with Crippen molar-refractivity contribution in [2.45, 2.75) is 24.3 Å². The largest absolute Gasteiger partial charge is 0.343 e. The number of nitrogens with one attached hydrogen (secondary N) is 1. The molecule has 1 aromatic rings. The fourth-order valence-electron chi connectivity index (χ4n) is 2.12. The maximum atomic E-state index is 12.4. The van der Waals surface area contributed by atoms with Gasteiger partial charge in [-0.25, -0.2) is 8.42 Å². The van der Waals surface area contributed by atoms with Crippen LogP contribution >= 0.6 is 0 Å². The van der Waals surface area contributed by atoms with Gasteiger partial charge in [0.2, 0.25) is 15.9 Å². The van der Waals surface area contributed by atoms with Crippen molar-refractivity contribution in [1.82, 2.24) is 19.4 Å². The average Bonchev–Trinajstić information content (AvgIpc) is 2.79. The molecule has 1 fully saturated rings. The Morgan fingerprint density at radius 1 is 1.39 bits per heavy atom. The number of H-pyrrole nitrogens is 1. The van der Waals surface area contributed by atoms with Crippen LogP contribution in [0.25, 0.3) is 0 Å². The monoisotopic (exact) mass is 272 g/mol. The van der Waals surface area contributed by atoms with Gasteiger partial charge in [-0.15, -0.1) is 0 Å². The van der Waals surface area contributed by atoms with Crippen LogP contribution in [0.2, 0.25) is 0 Å². The second kappa shape index (κ2) is 4.06. The van der Waals surface area contributed by atoms with E-state index in [1.165, 1.54) is 16.7 Å². The molecule has 100 valence electrons. The van der Waals surface area contributed by atoms with Crippen molar-refractivity contribution in [2.75, 3.05) is 20.1 Å². The van der Waals surface area contributed by atoms with Gasteiger partial charge in [-0.05, 0) is 13.8 Å². The Morgan fingerprint density at radius 2 is 2.06 bits per heavy atom. The number of rotatable bonds is 2. The van der Waals surface area contributed by atoms with Gasteiger partial charge in [0.05, 0.1) is 6.20 Å². The van der Waals surface area contributed by atoms with Crippen molar-refractivity contribution < 1.29 is 13.2 Å². The smallest absolute Gasteiger partial charge is 0.247 e. The number of sulfonamides is 1. The number of carbonyl (C=O) groups excluding carboxylic acids is 1. The standard InChI is InChI=1S/C10H16N4O3S/c1-10(2)9(15)13(3)4-5-14(10)18(16,17)8-6-11-12-7-8/h6-7H,4-5H2,1-3H3,(H,11,12). The molecule has 0 aromatic carbocycles. The Bertz CT molecular complexity index is 550. The third-order valence-electron chi connectivity index (χ3n) is 3.19. The molecule has 2 heterocycles. The molecule has 1 amide bonds. The summed E-state index contributed by atoms with van der Waals surface area (Å²) < 4.78 is 26.1. The first-order chi connectivity index (χ1) is 8.28. The summed E-state index contributed by atoms with van der Waals surface area (Å²) >= 11 is 0. The molecule has 0 aliphatic carbocycles. The molecule has 0 atom stereocenters. The molecule has 1 N–H and O–H groups in total. The number of likely N-dealkylation sites (N-methyl/N-ethyl adjacent to an activating group) is 1. The van der Waals surface area contributed by atoms with Crippen molar-refractivity contribution in [3.8, 4) is 0 Å². The molecule has 0 saturated carbocycles. The normalized spacial score (nSPS) is 21.3. The van der Waals surface area contributed by atoms with Gasteiger partial charge in [0, 0.05) is 26.3 Å². The summed E-state index contributed by atoms with van der Waals surface area (Å²) in [6, 6.07) is 0. The molecule has 18 heavy (non-hydrogen) atoms. The van der Waals surface area contributed by atoms with E-state index in [2.05, 4.69) is 10.2 Å². The van der Waals surface area contributed by atoms with Crippen LogP contribution in [0.4, 0.5) is 0 Å². The number of carbonyl (C=O) groups is 1. The molecule has 0 spiro atoms. The number of hydrogen-bond donors (Lipinski definition) is 1. The highest BCUT2D eigenvalue weighted by Gasteiger charge is 2.47. The lowest BCUT2D eigenvalue weighted by atomic mass is 10.0. The van der Waals surface area contributed by atoms with Crippen molar-refractivity contribution in [1.29, 1.82) is 0 Å². The van der Waals surface area contributed by atoms with E-state index in [0.29, 0.717) is 6.54 Å². The summed E-state index contributed by atoms with van der Waals surface area (Å²) in [5, 5.41) is 6.11. The van der Waals surface area contributed by atoms with Crippen molar-refractivity contribution in [3.63, 3.8) is 0 Å². The zero-order chi connectivity index (χ0) is 13.6. The summed E-state index contributed by atoms with van der Waals surface area (Å²) in [6.45, 7) is 3.90. The highest BCUT2D eigenvalue weighted by molar-refractivity contribution is 7.89. The maximum absolute atomic E-state index is 12.4. The summed E-state index contributed by atoms with van der Waals surface area (Å²) in [7, 11) is -2.02. The Morgan fingerprint density at radius 3 is 2.61 bits per heavy atom. The lowest BCUT2D eigenvalue weighted by Crippen LogP contribution is -2.63. The minimum atomic E-state index is -3.69. The summed E-state index contributed by atoms with van der Waals surface area (Å²) in [5.41, 5.74) is -1.08. The van der Waals surface area contributed by atoms with Crippen LogP contribution in [0.3, 0.4) is 0 Å². The molecule has 0 unspecified atom stereocenters. The van der Waals surface area contributed by atoms with Crippen molar-refractivity contribution in [2.24, 2.45) is 0 Å². The fraction of sp³-hybridized carbons (Fsp3) is 0.600. The van der Waals surface area contributed by atoms with Crippen LogP contribution in [0.15, 0.2) is 17.3 Å². The SMILES string of the molecule is CN1CCN(S(=O)(=O)c2cn[nH]c2)C(C)(C)C1=O. The predicted molar refractivity (Wildman–Crippen MR) is 64.2 cm³/mol. The average molecular weight is 272 g/mol. The van der Waals surface area contributed by atoms with Gasteiger partial charge >= 0.3 is 0 Å². The highest BCUT2D eigenvalue weighted by atomic mass is 32.2. The lowest BCUT2D eigenvalue weighted by Gasteiger charge is -2.43. The first-order valence-corrected chi connectivity index (χ1v) is 6.99. The number of amides is 1. The van der Waals surface area contributed by atoms with E-state index in [1.54, 1.807) is 25.8 Å². The molecule has 0 bridgehead atoms. The fourth-order valence-corrected chi connectivity index (χ4v) is 3.77. The minimum absolute atomic E-state index is 0.0768. The number of aromatic amines is 1. The second-order valence-electron chi connectivity index (χ2n) is 4.80. The third kappa shape index (κ3) is 1.81. The highest BCUT2D eigenvalue weighted by Crippen LogP contribution is 2.28. The van der Waals surface area contributed by atoms with E-state index >= 15 is 0 Å². The van der Waals surface area contributed by atoms with Crippen LogP contribution in [-0.4, -0.2) is 59.4 Å². The Balaban J connectivity index is 2.43. The molecule has 1 aliphatic rings. The summed E-state index contributed by atoms with van der Waals surface area (Å²) in [4.78, 5) is 13.7. The van der Waals surface area contributed by atoms with E-state index in [4.69, 9.17) is 0 Å². The first kappa shape index (κ1) is 13.0. The van der Waals surface area contributed by atoms with E-state index in [0.717, 1.165) is 0 Å². The lowest BCUT2D eigenvalue weighted by molar-refractivity contribution is -0.142. The molecule has 1 aromatic heterocycles. The van der Waals surface area contributed by atoms with E-state index in [9.17, 15) is 13.2 Å². The molecule has 1 saturated heterocycles. The van der Waals surface area contributed by atoms with E-state index < -0.39 is 15.6 Å².